The van der Waals surface area contributed by atoms with Crippen molar-refractivity contribution in [3.63, 3.8) is 0 Å². The van der Waals surface area contributed by atoms with Crippen molar-refractivity contribution in [1.29, 1.82) is 0 Å². The maximum atomic E-state index is 10.6. The van der Waals surface area contributed by atoms with E-state index in [-0.39, 0.29) is 18.3 Å². The Balaban J connectivity index is 1.51. The molecule has 3 fully saturated rings. The maximum absolute atomic E-state index is 10.6. The van der Waals surface area contributed by atoms with E-state index in [0.717, 1.165) is 38.1 Å². The van der Waals surface area contributed by atoms with Crippen LogP contribution in [0.2, 0.25) is 0 Å². The molecular formula is C18H34N2O2. The van der Waals surface area contributed by atoms with Crippen molar-refractivity contribution in [3.8, 4) is 0 Å². The van der Waals surface area contributed by atoms with E-state index in [1.165, 1.54) is 32.1 Å². The van der Waals surface area contributed by atoms with Crippen molar-refractivity contribution in [2.45, 2.75) is 83.3 Å². The van der Waals surface area contributed by atoms with Crippen LogP contribution in [0.5, 0.6) is 0 Å². The molecule has 22 heavy (non-hydrogen) atoms. The lowest BCUT2D eigenvalue weighted by atomic mass is 9.85. The number of morpholine rings is 1. The van der Waals surface area contributed by atoms with Crippen molar-refractivity contribution >= 4 is 0 Å². The monoisotopic (exact) mass is 310 g/mol. The number of ether oxygens (including phenoxy) is 1. The molecule has 2 aliphatic heterocycles. The standard InChI is InChI=1S/C18H34N2O2/c1-13-8-16-6-4-5-7-18(16)20(13)12-17(21)11-19-9-14(2)22-15(3)10-19/h13-18,21H,4-12H2,1-3H3. The van der Waals surface area contributed by atoms with E-state index in [1.54, 1.807) is 0 Å². The number of β-amino-alcohol motifs (C(OH)–C–C–N with tert-alkyl or cyclic N) is 1. The van der Waals surface area contributed by atoms with Gasteiger partial charge in [0.05, 0.1) is 18.3 Å². The van der Waals surface area contributed by atoms with Crippen molar-refractivity contribution in [2.75, 3.05) is 26.2 Å². The predicted molar refractivity (Wildman–Crippen MR) is 89.0 cm³/mol. The summed E-state index contributed by atoms with van der Waals surface area (Å²) in [6, 6.07) is 1.38. The van der Waals surface area contributed by atoms with Gasteiger partial charge in [-0.1, -0.05) is 12.8 Å². The molecule has 0 spiro atoms. The Morgan fingerprint density at radius 2 is 1.73 bits per heavy atom. The maximum Gasteiger partial charge on any atom is 0.0794 e. The number of hydrogen-bond acceptors (Lipinski definition) is 4. The minimum atomic E-state index is -0.236. The fraction of sp³-hybridized carbons (Fsp3) is 1.00. The summed E-state index contributed by atoms with van der Waals surface area (Å²) in [6.45, 7) is 10.1. The normalized spacial score (nSPS) is 42.3. The third kappa shape index (κ3) is 3.84. The molecule has 4 nitrogen and oxygen atoms in total. The molecule has 0 radical (unpaired) electrons. The quantitative estimate of drug-likeness (QED) is 0.863. The number of fused-ring (bicyclic) bond motifs is 1. The average Bonchev–Trinajstić information content (AvgIpc) is 2.74. The Morgan fingerprint density at radius 1 is 1.05 bits per heavy atom. The van der Waals surface area contributed by atoms with E-state index in [2.05, 4.69) is 30.6 Å². The van der Waals surface area contributed by atoms with E-state index < -0.39 is 0 Å². The second-order valence-electron chi connectivity index (χ2n) is 8.02. The molecule has 6 unspecified atom stereocenters. The SMILES string of the molecule is CC1CN(CC(O)CN2C(C)CC3CCCCC32)CC(C)O1. The molecule has 0 bridgehead atoms. The summed E-state index contributed by atoms with van der Waals surface area (Å²) in [6.07, 6.45) is 7.19. The molecular weight excluding hydrogens is 276 g/mol. The lowest BCUT2D eigenvalue weighted by Gasteiger charge is -2.38. The molecule has 1 saturated carbocycles. The molecule has 1 N–H and O–H groups in total. The molecule has 6 atom stereocenters. The van der Waals surface area contributed by atoms with Gasteiger partial charge in [0.25, 0.3) is 0 Å². The van der Waals surface area contributed by atoms with E-state index >= 15 is 0 Å². The van der Waals surface area contributed by atoms with Crippen molar-refractivity contribution < 1.29 is 9.84 Å². The van der Waals surface area contributed by atoms with Gasteiger partial charge in [0, 0.05) is 38.3 Å². The number of rotatable bonds is 4. The first-order chi connectivity index (χ1) is 10.5. The first-order valence-electron chi connectivity index (χ1n) is 9.34. The molecule has 2 heterocycles. The first kappa shape index (κ1) is 16.7. The summed E-state index contributed by atoms with van der Waals surface area (Å²) < 4.78 is 5.79. The highest BCUT2D eigenvalue weighted by molar-refractivity contribution is 4.95. The Labute approximate surface area is 135 Å². The summed E-state index contributed by atoms with van der Waals surface area (Å²) >= 11 is 0. The number of aliphatic hydroxyl groups is 1. The summed E-state index contributed by atoms with van der Waals surface area (Å²) in [5.41, 5.74) is 0. The van der Waals surface area contributed by atoms with Crippen LogP contribution in [0.25, 0.3) is 0 Å². The second-order valence-corrected chi connectivity index (χ2v) is 8.02. The zero-order valence-corrected chi connectivity index (χ0v) is 14.6. The third-order valence-corrected chi connectivity index (χ3v) is 5.89. The minimum Gasteiger partial charge on any atom is -0.390 e. The van der Waals surface area contributed by atoms with Crippen LogP contribution < -0.4 is 0 Å². The van der Waals surface area contributed by atoms with Crippen LogP contribution in [0.1, 0.15) is 52.9 Å². The van der Waals surface area contributed by atoms with Gasteiger partial charge in [-0.3, -0.25) is 9.80 Å². The van der Waals surface area contributed by atoms with Gasteiger partial charge in [-0.05, 0) is 46.0 Å². The van der Waals surface area contributed by atoms with Gasteiger partial charge in [-0.25, -0.2) is 0 Å². The van der Waals surface area contributed by atoms with E-state index in [1.807, 2.05) is 0 Å². The number of hydrogen-bond donors (Lipinski definition) is 1. The van der Waals surface area contributed by atoms with Crippen molar-refractivity contribution in [3.05, 3.63) is 0 Å². The molecule has 128 valence electrons. The molecule has 0 amide bonds. The lowest BCUT2D eigenvalue weighted by Crippen LogP contribution is -2.51. The zero-order chi connectivity index (χ0) is 15.7. The smallest absolute Gasteiger partial charge is 0.0794 e. The molecule has 0 aromatic carbocycles. The molecule has 3 aliphatic rings. The highest BCUT2D eigenvalue weighted by atomic mass is 16.5. The summed E-state index contributed by atoms with van der Waals surface area (Å²) in [7, 11) is 0. The van der Waals surface area contributed by atoms with Crippen LogP contribution >= 0.6 is 0 Å². The minimum absolute atomic E-state index is 0.236. The van der Waals surface area contributed by atoms with Gasteiger partial charge in [-0.2, -0.15) is 0 Å². The fourth-order valence-corrected chi connectivity index (χ4v) is 5.15. The number of nitrogens with zero attached hydrogens (tertiary/aromatic N) is 2. The molecule has 2 saturated heterocycles. The van der Waals surface area contributed by atoms with Gasteiger partial charge in [-0.15, -0.1) is 0 Å². The Morgan fingerprint density at radius 3 is 2.45 bits per heavy atom. The molecule has 4 heteroatoms. The Kier molecular flexibility index (Phi) is 5.43. The summed E-state index contributed by atoms with van der Waals surface area (Å²) in [4.78, 5) is 4.99. The highest BCUT2D eigenvalue weighted by Crippen LogP contribution is 2.39. The predicted octanol–water partition coefficient (Wildman–Crippen LogP) is 2.11. The third-order valence-electron chi connectivity index (χ3n) is 5.89. The van der Waals surface area contributed by atoms with Gasteiger partial charge in [0.15, 0.2) is 0 Å². The second kappa shape index (κ2) is 7.16. The van der Waals surface area contributed by atoms with Gasteiger partial charge in [0.1, 0.15) is 0 Å². The van der Waals surface area contributed by atoms with Crippen LogP contribution in [0.4, 0.5) is 0 Å². The Bertz CT molecular complexity index is 355. The van der Waals surface area contributed by atoms with Crippen molar-refractivity contribution in [2.24, 2.45) is 5.92 Å². The van der Waals surface area contributed by atoms with Gasteiger partial charge < -0.3 is 9.84 Å². The fourth-order valence-electron chi connectivity index (χ4n) is 5.15. The van der Waals surface area contributed by atoms with Crippen LogP contribution in [0, 0.1) is 5.92 Å². The van der Waals surface area contributed by atoms with Gasteiger partial charge >= 0.3 is 0 Å². The first-order valence-corrected chi connectivity index (χ1v) is 9.34. The van der Waals surface area contributed by atoms with Crippen molar-refractivity contribution in [1.82, 2.24) is 9.80 Å². The average molecular weight is 310 g/mol. The molecule has 1 aliphatic carbocycles. The van der Waals surface area contributed by atoms with Crippen LogP contribution in [0.3, 0.4) is 0 Å². The number of aliphatic hydroxyl groups excluding tert-OH is 1. The summed E-state index contributed by atoms with van der Waals surface area (Å²) in [5, 5.41) is 10.6. The molecule has 3 rings (SSSR count). The van der Waals surface area contributed by atoms with E-state index in [0.29, 0.717) is 6.04 Å². The highest BCUT2D eigenvalue weighted by Gasteiger charge is 2.40. The topological polar surface area (TPSA) is 35.9 Å². The summed E-state index contributed by atoms with van der Waals surface area (Å²) in [5.74, 6) is 0.888. The van der Waals surface area contributed by atoms with Gasteiger partial charge in [0.2, 0.25) is 0 Å². The molecule has 0 aromatic rings. The zero-order valence-electron chi connectivity index (χ0n) is 14.6. The van der Waals surface area contributed by atoms with E-state index in [4.69, 9.17) is 4.74 Å². The molecule has 0 aromatic heterocycles. The largest absolute Gasteiger partial charge is 0.390 e. The van der Waals surface area contributed by atoms with Crippen LogP contribution in [-0.4, -0.2) is 71.5 Å². The Hall–Kier alpha value is -0.160. The van der Waals surface area contributed by atoms with Crippen LogP contribution in [-0.2, 0) is 4.74 Å². The number of likely N-dealkylation sites (tertiary alicyclic amines) is 1. The van der Waals surface area contributed by atoms with E-state index in [9.17, 15) is 5.11 Å². The van der Waals surface area contributed by atoms with Crippen LogP contribution in [0.15, 0.2) is 0 Å². The lowest BCUT2D eigenvalue weighted by molar-refractivity contribution is -0.0789.